The van der Waals surface area contributed by atoms with E-state index >= 15 is 0 Å². The Morgan fingerprint density at radius 1 is 1.15 bits per heavy atom. The molecule has 1 aromatic heterocycles. The van der Waals surface area contributed by atoms with Gasteiger partial charge < -0.3 is 13.9 Å². The first-order valence-electron chi connectivity index (χ1n) is 9.10. The molecule has 27 heavy (non-hydrogen) atoms. The van der Waals surface area contributed by atoms with Crippen molar-refractivity contribution in [2.24, 2.45) is 0 Å². The van der Waals surface area contributed by atoms with Gasteiger partial charge in [0.05, 0.1) is 6.61 Å². The highest BCUT2D eigenvalue weighted by atomic mass is 16.6. The van der Waals surface area contributed by atoms with Crippen molar-refractivity contribution in [1.29, 1.82) is 0 Å². The molecule has 4 rings (SSSR count). The van der Waals surface area contributed by atoms with E-state index in [0.29, 0.717) is 12.2 Å². The van der Waals surface area contributed by atoms with Gasteiger partial charge in [0.1, 0.15) is 23.0 Å². The highest BCUT2D eigenvalue weighted by molar-refractivity contribution is 5.79. The van der Waals surface area contributed by atoms with Gasteiger partial charge in [0.15, 0.2) is 0 Å². The normalized spacial score (nSPS) is 18.4. The Hall–Kier alpha value is -2.85. The van der Waals surface area contributed by atoms with E-state index in [4.69, 9.17) is 13.9 Å². The highest BCUT2D eigenvalue weighted by Crippen LogP contribution is 2.37. The molecule has 2 aromatic carbocycles. The van der Waals surface area contributed by atoms with Crippen LogP contribution in [0.2, 0.25) is 0 Å². The number of rotatable bonds is 4. The second kappa shape index (κ2) is 7.05. The van der Waals surface area contributed by atoms with Crippen molar-refractivity contribution in [3.8, 4) is 5.75 Å². The third-order valence-corrected chi connectivity index (χ3v) is 4.86. The average Bonchev–Trinajstić information content (AvgIpc) is 2.64. The maximum Gasteiger partial charge on any atom is 0.336 e. The predicted octanol–water partition coefficient (Wildman–Crippen LogP) is 4.61. The van der Waals surface area contributed by atoms with Gasteiger partial charge in [0.2, 0.25) is 0 Å². The molecule has 3 aromatic rings. The summed E-state index contributed by atoms with van der Waals surface area (Å²) in [4.78, 5) is 11.4. The van der Waals surface area contributed by atoms with Gasteiger partial charge in [0, 0.05) is 23.9 Å². The van der Waals surface area contributed by atoms with Gasteiger partial charge in [-0.3, -0.25) is 0 Å². The van der Waals surface area contributed by atoms with Crippen LogP contribution in [0.1, 0.15) is 25.0 Å². The summed E-state index contributed by atoms with van der Waals surface area (Å²) >= 11 is 0. The van der Waals surface area contributed by atoms with Crippen molar-refractivity contribution in [3.05, 3.63) is 82.2 Å². The monoisotopic (exact) mass is 362 g/mol. The summed E-state index contributed by atoms with van der Waals surface area (Å²) in [5, 5.41) is 0.888. The molecule has 1 aliphatic rings. The van der Waals surface area contributed by atoms with Crippen molar-refractivity contribution in [2.75, 3.05) is 6.61 Å². The molecule has 2 heterocycles. The Morgan fingerprint density at radius 2 is 1.96 bits per heavy atom. The van der Waals surface area contributed by atoms with Crippen molar-refractivity contribution >= 4 is 17.0 Å². The Balaban J connectivity index is 1.51. The van der Waals surface area contributed by atoms with Crippen LogP contribution in [0.15, 0.2) is 69.9 Å². The molecule has 138 valence electrons. The molecule has 0 aliphatic carbocycles. The Bertz CT molecular complexity index is 1030. The van der Waals surface area contributed by atoms with E-state index in [1.807, 2.05) is 44.2 Å². The van der Waals surface area contributed by atoms with Crippen LogP contribution in [0.25, 0.3) is 17.0 Å². The van der Waals surface area contributed by atoms with Crippen LogP contribution >= 0.6 is 0 Å². The lowest BCUT2D eigenvalue weighted by Crippen LogP contribution is -2.48. The van der Waals surface area contributed by atoms with Gasteiger partial charge in [0.25, 0.3) is 0 Å². The van der Waals surface area contributed by atoms with E-state index in [1.165, 1.54) is 6.07 Å². The third kappa shape index (κ3) is 3.81. The van der Waals surface area contributed by atoms with Crippen LogP contribution in [-0.2, 0) is 11.2 Å². The number of ether oxygens (including phenoxy) is 2. The van der Waals surface area contributed by atoms with Gasteiger partial charge in [-0.2, -0.15) is 0 Å². The summed E-state index contributed by atoms with van der Waals surface area (Å²) in [5.41, 5.74) is 1.92. The van der Waals surface area contributed by atoms with Crippen molar-refractivity contribution in [3.63, 3.8) is 0 Å². The molecule has 4 heteroatoms. The minimum atomic E-state index is -0.476. The molecule has 0 saturated carbocycles. The maximum absolute atomic E-state index is 11.4. The Kier molecular flexibility index (Phi) is 4.58. The fourth-order valence-corrected chi connectivity index (χ4v) is 3.37. The fourth-order valence-electron chi connectivity index (χ4n) is 3.37. The molecule has 1 atom stereocenters. The third-order valence-electron chi connectivity index (χ3n) is 4.86. The first-order chi connectivity index (χ1) is 13.0. The highest BCUT2D eigenvalue weighted by Gasteiger charge is 2.37. The first kappa shape index (κ1) is 17.6. The zero-order valence-electron chi connectivity index (χ0n) is 15.5. The van der Waals surface area contributed by atoms with Gasteiger partial charge in [-0.25, -0.2) is 4.79 Å². The SMILES string of the molecule is CC1(C)Oc2cc3oc(=O)ccc3cc2CC1OC/C=C/c1ccccc1. The standard InChI is InChI=1S/C23H22O4/c1-23(2)21(25-12-6-9-16-7-4-3-5-8-16)14-18-13-17-10-11-22(24)26-19(17)15-20(18)27-23/h3-11,13,15,21H,12,14H2,1-2H3/b9-6+. The minimum Gasteiger partial charge on any atom is -0.485 e. The first-order valence-corrected chi connectivity index (χ1v) is 9.10. The molecule has 0 radical (unpaired) electrons. The van der Waals surface area contributed by atoms with E-state index in [0.717, 1.165) is 28.7 Å². The number of fused-ring (bicyclic) bond motifs is 2. The summed E-state index contributed by atoms with van der Waals surface area (Å²) < 4.78 is 17.6. The van der Waals surface area contributed by atoms with Gasteiger partial charge in [-0.15, -0.1) is 0 Å². The summed E-state index contributed by atoms with van der Waals surface area (Å²) in [6, 6.07) is 17.2. The van der Waals surface area contributed by atoms with Crippen LogP contribution in [-0.4, -0.2) is 18.3 Å². The summed E-state index contributed by atoms with van der Waals surface area (Å²) in [6.07, 6.45) is 4.76. The smallest absolute Gasteiger partial charge is 0.336 e. The van der Waals surface area contributed by atoms with E-state index in [-0.39, 0.29) is 11.7 Å². The van der Waals surface area contributed by atoms with Crippen LogP contribution in [0.3, 0.4) is 0 Å². The van der Waals surface area contributed by atoms with E-state index in [9.17, 15) is 4.79 Å². The summed E-state index contributed by atoms with van der Waals surface area (Å²) in [6.45, 7) is 4.56. The lowest BCUT2D eigenvalue weighted by Gasteiger charge is -2.39. The summed E-state index contributed by atoms with van der Waals surface area (Å²) in [5.74, 6) is 0.751. The zero-order valence-corrected chi connectivity index (χ0v) is 15.5. The van der Waals surface area contributed by atoms with Crippen molar-refractivity contribution in [2.45, 2.75) is 32.0 Å². The van der Waals surface area contributed by atoms with E-state index in [1.54, 1.807) is 12.1 Å². The van der Waals surface area contributed by atoms with E-state index < -0.39 is 5.60 Å². The molecule has 0 fully saturated rings. The lowest BCUT2D eigenvalue weighted by molar-refractivity contribution is -0.0753. The predicted molar refractivity (Wildman–Crippen MR) is 106 cm³/mol. The number of hydrogen-bond donors (Lipinski definition) is 0. The molecule has 0 amide bonds. The molecule has 0 spiro atoms. The van der Waals surface area contributed by atoms with Crippen LogP contribution in [0, 0.1) is 0 Å². The quantitative estimate of drug-likeness (QED) is 0.636. The second-order valence-corrected chi connectivity index (χ2v) is 7.30. The molecule has 1 aliphatic heterocycles. The lowest BCUT2D eigenvalue weighted by atomic mass is 9.90. The molecule has 0 bridgehead atoms. The molecule has 0 saturated heterocycles. The molecule has 1 unspecified atom stereocenters. The van der Waals surface area contributed by atoms with Crippen LogP contribution in [0.5, 0.6) is 5.75 Å². The Labute approximate surface area is 158 Å². The number of benzene rings is 2. The largest absolute Gasteiger partial charge is 0.485 e. The van der Waals surface area contributed by atoms with Gasteiger partial charge in [-0.1, -0.05) is 42.5 Å². The minimum absolute atomic E-state index is 0.0707. The maximum atomic E-state index is 11.4. The Morgan fingerprint density at radius 3 is 2.78 bits per heavy atom. The van der Waals surface area contributed by atoms with E-state index in [2.05, 4.69) is 18.2 Å². The molecular formula is C23H22O4. The topological polar surface area (TPSA) is 48.7 Å². The van der Waals surface area contributed by atoms with Gasteiger partial charge >= 0.3 is 5.63 Å². The number of hydrogen-bond acceptors (Lipinski definition) is 4. The van der Waals surface area contributed by atoms with Crippen molar-refractivity contribution in [1.82, 2.24) is 0 Å². The zero-order chi connectivity index (χ0) is 18.9. The van der Waals surface area contributed by atoms with Crippen LogP contribution < -0.4 is 10.4 Å². The molecule has 4 nitrogen and oxygen atoms in total. The van der Waals surface area contributed by atoms with Crippen molar-refractivity contribution < 1.29 is 13.9 Å². The molecular weight excluding hydrogens is 340 g/mol. The fraction of sp³-hybridized carbons (Fsp3) is 0.261. The van der Waals surface area contributed by atoms with Gasteiger partial charge in [-0.05, 0) is 37.1 Å². The molecule has 0 N–H and O–H groups in total. The second-order valence-electron chi connectivity index (χ2n) is 7.30. The summed E-state index contributed by atoms with van der Waals surface area (Å²) in [7, 11) is 0. The average molecular weight is 362 g/mol. The van der Waals surface area contributed by atoms with Crippen LogP contribution in [0.4, 0.5) is 0 Å².